The molecule has 0 saturated carbocycles. The van der Waals surface area contributed by atoms with Gasteiger partial charge in [0.2, 0.25) is 5.91 Å². The van der Waals surface area contributed by atoms with Crippen molar-refractivity contribution in [3.63, 3.8) is 0 Å². The Balaban J connectivity index is 2.23. The highest BCUT2D eigenvalue weighted by Crippen LogP contribution is 2.34. The molecule has 0 bridgehead atoms. The van der Waals surface area contributed by atoms with Crippen LogP contribution in [0.25, 0.3) is 0 Å². The van der Waals surface area contributed by atoms with Crippen LogP contribution < -0.4 is 5.73 Å². The van der Waals surface area contributed by atoms with Crippen LogP contribution in [0, 0.1) is 6.92 Å². The Morgan fingerprint density at radius 2 is 1.95 bits per heavy atom. The van der Waals surface area contributed by atoms with Crippen LogP contribution in [0.4, 0.5) is 0 Å². The van der Waals surface area contributed by atoms with E-state index < -0.39 is 11.2 Å². The van der Waals surface area contributed by atoms with Gasteiger partial charge in [0.1, 0.15) is 5.25 Å². The van der Waals surface area contributed by atoms with Gasteiger partial charge in [-0.3, -0.25) is 9.78 Å². The van der Waals surface area contributed by atoms with Gasteiger partial charge in [0.25, 0.3) is 0 Å². The van der Waals surface area contributed by atoms with Crippen molar-refractivity contribution >= 4 is 29.3 Å². The van der Waals surface area contributed by atoms with E-state index in [2.05, 4.69) is 4.98 Å². The molecular weight excluding hydrogens is 280 g/mol. The lowest BCUT2D eigenvalue weighted by Crippen LogP contribution is -2.19. The molecule has 19 heavy (non-hydrogen) atoms. The molecule has 1 heterocycles. The van der Waals surface area contributed by atoms with Crippen molar-refractivity contribution in [3.8, 4) is 0 Å². The van der Waals surface area contributed by atoms with Gasteiger partial charge in [-0.05, 0) is 31.2 Å². The summed E-state index contributed by atoms with van der Waals surface area (Å²) in [4.78, 5) is 16.7. The van der Waals surface area contributed by atoms with Crippen molar-refractivity contribution in [1.29, 1.82) is 0 Å². The van der Waals surface area contributed by atoms with E-state index in [0.29, 0.717) is 10.7 Å². The second kappa shape index (κ2) is 6.08. The molecule has 2 rings (SSSR count). The third kappa shape index (κ3) is 3.72. The number of halogens is 1. The molecule has 0 aliphatic heterocycles. The number of thioether (sulfide) groups is 1. The summed E-state index contributed by atoms with van der Waals surface area (Å²) in [6, 6.07) is 11.3. The van der Waals surface area contributed by atoms with Crippen LogP contribution in [-0.2, 0) is 4.79 Å². The number of aromatic nitrogens is 1. The smallest absolute Gasteiger partial charge is 0.237 e. The first-order valence-corrected chi connectivity index (χ1v) is 6.96. The molecule has 3 nitrogen and oxygen atoms in total. The molecule has 98 valence electrons. The average Bonchev–Trinajstić information content (AvgIpc) is 2.39. The van der Waals surface area contributed by atoms with Gasteiger partial charge >= 0.3 is 0 Å². The molecule has 2 N–H and O–H groups in total. The van der Waals surface area contributed by atoms with Gasteiger partial charge < -0.3 is 5.73 Å². The summed E-state index contributed by atoms with van der Waals surface area (Å²) in [6.07, 6.45) is 1.52. The molecule has 1 aromatic carbocycles. The predicted molar refractivity (Wildman–Crippen MR) is 78.2 cm³/mol. The quantitative estimate of drug-likeness (QED) is 0.879. The van der Waals surface area contributed by atoms with Gasteiger partial charge in [0.05, 0.1) is 10.7 Å². The maximum atomic E-state index is 11.6. The third-order valence-electron chi connectivity index (χ3n) is 2.55. The topological polar surface area (TPSA) is 56.0 Å². The first-order valence-electron chi connectivity index (χ1n) is 5.70. The number of nitrogens with two attached hydrogens (primary N) is 1. The van der Waals surface area contributed by atoms with E-state index in [-0.39, 0.29) is 0 Å². The molecule has 1 amide bonds. The van der Waals surface area contributed by atoms with Crippen LogP contribution in [-0.4, -0.2) is 10.9 Å². The van der Waals surface area contributed by atoms with Crippen molar-refractivity contribution in [2.45, 2.75) is 17.1 Å². The van der Waals surface area contributed by atoms with Crippen molar-refractivity contribution < 1.29 is 4.79 Å². The van der Waals surface area contributed by atoms with Gasteiger partial charge in [-0.15, -0.1) is 11.8 Å². The molecule has 0 radical (unpaired) electrons. The number of carbonyl (C=O) groups is 1. The molecular formula is C14H13ClN2OS. The summed E-state index contributed by atoms with van der Waals surface area (Å²) in [5.41, 5.74) is 7.24. The van der Waals surface area contributed by atoms with Gasteiger partial charge in [-0.1, -0.05) is 29.3 Å². The van der Waals surface area contributed by atoms with Crippen LogP contribution in [0.3, 0.4) is 0 Å². The number of hydrogen-bond acceptors (Lipinski definition) is 3. The molecule has 2 aromatic rings. The molecule has 0 spiro atoms. The molecule has 5 heteroatoms. The van der Waals surface area contributed by atoms with Gasteiger partial charge in [0, 0.05) is 11.1 Å². The number of carbonyl (C=O) groups excluding carboxylic acids is 1. The highest BCUT2D eigenvalue weighted by molar-refractivity contribution is 8.00. The second-order valence-electron chi connectivity index (χ2n) is 4.11. The second-order valence-corrected chi connectivity index (χ2v) is 5.73. The Kier molecular flexibility index (Phi) is 4.45. The number of rotatable bonds is 4. The van der Waals surface area contributed by atoms with Gasteiger partial charge in [0.15, 0.2) is 0 Å². The average molecular weight is 293 g/mol. The van der Waals surface area contributed by atoms with Gasteiger partial charge in [-0.2, -0.15) is 0 Å². The van der Waals surface area contributed by atoms with Crippen LogP contribution >= 0.6 is 23.4 Å². The number of hydrogen-bond donors (Lipinski definition) is 1. The molecule has 1 atom stereocenters. The SMILES string of the molecule is Cc1ccc(SC(C(N)=O)c2ccc(Cl)cn2)cc1. The predicted octanol–water partition coefficient (Wildman–Crippen LogP) is 3.36. The summed E-state index contributed by atoms with van der Waals surface area (Å²) < 4.78 is 0. The molecule has 0 fully saturated rings. The lowest BCUT2D eigenvalue weighted by molar-refractivity contribution is -0.117. The van der Waals surface area contributed by atoms with Crippen molar-refractivity contribution in [2.24, 2.45) is 5.73 Å². The Bertz CT molecular complexity index is 569. The Morgan fingerprint density at radius 1 is 1.26 bits per heavy atom. The van der Waals surface area contributed by atoms with Crippen molar-refractivity contribution in [2.75, 3.05) is 0 Å². The molecule has 1 unspecified atom stereocenters. The lowest BCUT2D eigenvalue weighted by atomic mass is 10.2. The highest BCUT2D eigenvalue weighted by atomic mass is 35.5. The van der Waals surface area contributed by atoms with Crippen LogP contribution in [0.15, 0.2) is 47.5 Å². The van der Waals surface area contributed by atoms with E-state index in [4.69, 9.17) is 17.3 Å². The van der Waals surface area contributed by atoms with Crippen LogP contribution in [0.2, 0.25) is 5.02 Å². The number of benzene rings is 1. The Hall–Kier alpha value is -1.52. The zero-order chi connectivity index (χ0) is 13.8. The minimum Gasteiger partial charge on any atom is -0.368 e. The van der Waals surface area contributed by atoms with Crippen LogP contribution in [0.5, 0.6) is 0 Å². The number of amides is 1. The number of primary amides is 1. The minimum absolute atomic E-state index is 0.416. The van der Waals surface area contributed by atoms with E-state index in [0.717, 1.165) is 4.90 Å². The third-order valence-corrected chi connectivity index (χ3v) is 4.03. The standard InChI is InChI=1S/C14H13ClN2OS/c1-9-2-5-11(6-3-9)19-13(14(16)18)12-7-4-10(15)8-17-12/h2-8,13H,1H3,(H2,16,18). The summed E-state index contributed by atoms with van der Waals surface area (Å²) in [6.45, 7) is 2.01. The van der Waals surface area contributed by atoms with Crippen molar-refractivity contribution in [1.82, 2.24) is 4.98 Å². The van der Waals surface area contributed by atoms with E-state index in [1.54, 1.807) is 12.1 Å². The lowest BCUT2D eigenvalue weighted by Gasteiger charge is -2.12. The first-order chi connectivity index (χ1) is 9.06. The fourth-order valence-corrected chi connectivity index (χ4v) is 2.61. The molecule has 0 aliphatic rings. The summed E-state index contributed by atoms with van der Waals surface area (Å²) >= 11 is 7.17. The zero-order valence-electron chi connectivity index (χ0n) is 10.3. The number of nitrogens with zero attached hydrogens (tertiary/aromatic N) is 1. The van der Waals surface area contributed by atoms with E-state index in [9.17, 15) is 4.79 Å². The van der Waals surface area contributed by atoms with E-state index in [1.807, 2.05) is 31.2 Å². The molecule has 0 saturated heterocycles. The normalized spacial score (nSPS) is 12.1. The Morgan fingerprint density at radius 3 is 2.47 bits per heavy atom. The van der Waals surface area contributed by atoms with E-state index >= 15 is 0 Å². The fraction of sp³-hybridized carbons (Fsp3) is 0.143. The largest absolute Gasteiger partial charge is 0.368 e. The first kappa shape index (κ1) is 13.9. The Labute approximate surface area is 121 Å². The van der Waals surface area contributed by atoms with Crippen LogP contribution in [0.1, 0.15) is 16.5 Å². The van der Waals surface area contributed by atoms with Gasteiger partial charge in [-0.25, -0.2) is 0 Å². The monoisotopic (exact) mass is 292 g/mol. The fourth-order valence-electron chi connectivity index (χ4n) is 1.56. The summed E-state index contributed by atoms with van der Waals surface area (Å²) in [5.74, 6) is -0.416. The maximum absolute atomic E-state index is 11.6. The number of aryl methyl sites for hydroxylation is 1. The minimum atomic E-state index is -0.514. The number of pyridine rings is 1. The molecule has 0 aliphatic carbocycles. The van der Waals surface area contributed by atoms with Crippen molar-refractivity contribution in [3.05, 3.63) is 58.9 Å². The summed E-state index contributed by atoms with van der Waals surface area (Å²) in [7, 11) is 0. The zero-order valence-corrected chi connectivity index (χ0v) is 11.9. The summed E-state index contributed by atoms with van der Waals surface area (Å²) in [5, 5.41) is 0.0206. The highest BCUT2D eigenvalue weighted by Gasteiger charge is 2.20. The molecule has 1 aromatic heterocycles. The maximum Gasteiger partial charge on any atom is 0.237 e. The van der Waals surface area contributed by atoms with E-state index in [1.165, 1.54) is 23.5 Å².